The van der Waals surface area contributed by atoms with Crippen molar-refractivity contribution in [3.63, 3.8) is 0 Å². The van der Waals surface area contributed by atoms with E-state index in [0.717, 1.165) is 23.7 Å². The highest BCUT2D eigenvalue weighted by molar-refractivity contribution is 5.85. The summed E-state index contributed by atoms with van der Waals surface area (Å²) < 4.78 is 10.7. The van der Waals surface area contributed by atoms with E-state index >= 15 is 0 Å². The molecule has 3 rings (SSSR count). The molecule has 1 aliphatic carbocycles. The molecule has 0 saturated heterocycles. The SMILES string of the molecule is Cl.NCc1ccc(-c2noc(COCC3CC3)n2)cc1. The first-order valence-corrected chi connectivity index (χ1v) is 6.55. The molecule has 2 N–H and O–H groups in total. The Kier molecular flexibility index (Phi) is 5.11. The Bertz CT molecular complexity index is 538. The van der Waals surface area contributed by atoms with Gasteiger partial charge >= 0.3 is 0 Å². The molecule has 6 heteroatoms. The maximum absolute atomic E-state index is 5.56. The summed E-state index contributed by atoms with van der Waals surface area (Å²) in [6, 6.07) is 7.83. The topological polar surface area (TPSA) is 74.2 Å². The normalized spacial score (nSPS) is 14.1. The van der Waals surface area contributed by atoms with Crippen LogP contribution >= 0.6 is 12.4 Å². The molecule has 2 aromatic rings. The molecule has 1 aromatic heterocycles. The van der Waals surface area contributed by atoms with E-state index in [4.69, 9.17) is 15.0 Å². The minimum absolute atomic E-state index is 0. The highest BCUT2D eigenvalue weighted by Crippen LogP contribution is 2.29. The average Bonchev–Trinajstić information content (AvgIpc) is 3.15. The van der Waals surface area contributed by atoms with E-state index in [-0.39, 0.29) is 12.4 Å². The van der Waals surface area contributed by atoms with Gasteiger partial charge in [0.2, 0.25) is 5.82 Å². The number of hydrogen-bond acceptors (Lipinski definition) is 5. The molecule has 0 aliphatic heterocycles. The Morgan fingerprint density at radius 2 is 2.00 bits per heavy atom. The maximum Gasteiger partial charge on any atom is 0.252 e. The van der Waals surface area contributed by atoms with Gasteiger partial charge < -0.3 is 15.0 Å². The molecule has 1 saturated carbocycles. The molecule has 0 spiro atoms. The van der Waals surface area contributed by atoms with Crippen LogP contribution in [0.4, 0.5) is 0 Å². The van der Waals surface area contributed by atoms with Gasteiger partial charge in [0.25, 0.3) is 5.89 Å². The van der Waals surface area contributed by atoms with Gasteiger partial charge in [-0.3, -0.25) is 0 Å². The van der Waals surface area contributed by atoms with E-state index in [1.165, 1.54) is 12.8 Å². The molecule has 0 amide bonds. The maximum atomic E-state index is 5.56. The van der Waals surface area contributed by atoms with Crippen LogP contribution in [0.25, 0.3) is 11.4 Å². The molecule has 1 heterocycles. The molecular weight excluding hydrogens is 278 g/mol. The fourth-order valence-electron chi connectivity index (χ4n) is 1.82. The van der Waals surface area contributed by atoms with Crippen molar-refractivity contribution in [3.05, 3.63) is 35.7 Å². The lowest BCUT2D eigenvalue weighted by Crippen LogP contribution is -1.97. The molecule has 0 unspecified atom stereocenters. The highest BCUT2D eigenvalue weighted by atomic mass is 35.5. The molecule has 20 heavy (non-hydrogen) atoms. The minimum Gasteiger partial charge on any atom is -0.371 e. The zero-order valence-electron chi connectivity index (χ0n) is 11.1. The number of ether oxygens (including phenoxy) is 1. The Morgan fingerprint density at radius 3 is 2.65 bits per heavy atom. The summed E-state index contributed by atoms with van der Waals surface area (Å²) in [4.78, 5) is 4.32. The second-order valence-electron chi connectivity index (χ2n) is 4.87. The first-order valence-electron chi connectivity index (χ1n) is 6.55. The number of hydrogen-bond donors (Lipinski definition) is 1. The Balaban J connectivity index is 0.00000147. The molecule has 0 atom stereocenters. The van der Waals surface area contributed by atoms with Crippen LogP contribution in [0.5, 0.6) is 0 Å². The van der Waals surface area contributed by atoms with E-state index in [0.29, 0.717) is 24.9 Å². The van der Waals surface area contributed by atoms with Gasteiger partial charge in [0, 0.05) is 12.1 Å². The molecule has 0 radical (unpaired) electrons. The lowest BCUT2D eigenvalue weighted by atomic mass is 10.1. The second-order valence-corrected chi connectivity index (χ2v) is 4.87. The summed E-state index contributed by atoms with van der Waals surface area (Å²) in [5.74, 6) is 1.86. The van der Waals surface area contributed by atoms with Crippen LogP contribution in [0.3, 0.4) is 0 Å². The third kappa shape index (κ3) is 3.79. The van der Waals surface area contributed by atoms with Crippen molar-refractivity contribution in [2.45, 2.75) is 26.0 Å². The van der Waals surface area contributed by atoms with Crippen molar-refractivity contribution < 1.29 is 9.26 Å². The van der Waals surface area contributed by atoms with Gasteiger partial charge in [0.05, 0.1) is 6.61 Å². The summed E-state index contributed by atoms with van der Waals surface area (Å²) in [6.45, 7) is 1.72. The fraction of sp³-hybridized carbons (Fsp3) is 0.429. The van der Waals surface area contributed by atoms with Crippen molar-refractivity contribution in [2.24, 2.45) is 11.7 Å². The number of aromatic nitrogens is 2. The zero-order chi connectivity index (χ0) is 13.1. The molecular formula is C14H18ClN3O2. The number of halogens is 1. The van der Waals surface area contributed by atoms with Crippen LogP contribution in [-0.2, 0) is 17.9 Å². The number of rotatable bonds is 6. The number of nitrogens with two attached hydrogens (primary N) is 1. The van der Waals surface area contributed by atoms with E-state index in [9.17, 15) is 0 Å². The van der Waals surface area contributed by atoms with Crippen LogP contribution in [0.15, 0.2) is 28.8 Å². The fourth-order valence-corrected chi connectivity index (χ4v) is 1.82. The van der Waals surface area contributed by atoms with Crippen molar-refractivity contribution in [3.8, 4) is 11.4 Å². The lowest BCUT2D eigenvalue weighted by Gasteiger charge is -1.98. The van der Waals surface area contributed by atoms with Gasteiger partial charge in [-0.1, -0.05) is 29.4 Å². The monoisotopic (exact) mass is 295 g/mol. The Labute approximate surface area is 123 Å². The van der Waals surface area contributed by atoms with Crippen LogP contribution in [0, 0.1) is 5.92 Å². The zero-order valence-corrected chi connectivity index (χ0v) is 11.9. The van der Waals surface area contributed by atoms with Gasteiger partial charge in [-0.25, -0.2) is 0 Å². The van der Waals surface area contributed by atoms with E-state index in [1.807, 2.05) is 24.3 Å². The molecule has 5 nitrogen and oxygen atoms in total. The highest BCUT2D eigenvalue weighted by Gasteiger charge is 2.21. The Morgan fingerprint density at radius 1 is 1.25 bits per heavy atom. The van der Waals surface area contributed by atoms with Crippen molar-refractivity contribution >= 4 is 12.4 Å². The summed E-state index contributed by atoms with van der Waals surface area (Å²) in [7, 11) is 0. The first-order chi connectivity index (χ1) is 9.35. The van der Waals surface area contributed by atoms with Crippen molar-refractivity contribution in [2.75, 3.05) is 6.61 Å². The Hall–Kier alpha value is -1.43. The minimum atomic E-state index is 0. The third-order valence-electron chi connectivity index (χ3n) is 3.19. The standard InChI is InChI=1S/C14H17N3O2.ClH/c15-7-10-3-5-12(6-4-10)14-16-13(19-17-14)9-18-8-11-1-2-11;/h3-6,11H,1-2,7-9,15H2;1H. The van der Waals surface area contributed by atoms with Gasteiger partial charge in [0.15, 0.2) is 0 Å². The molecule has 1 aromatic carbocycles. The van der Waals surface area contributed by atoms with E-state index in [1.54, 1.807) is 0 Å². The second kappa shape index (κ2) is 6.83. The van der Waals surface area contributed by atoms with Crippen molar-refractivity contribution in [1.29, 1.82) is 0 Å². The lowest BCUT2D eigenvalue weighted by molar-refractivity contribution is 0.0894. The van der Waals surface area contributed by atoms with Crippen LogP contribution in [0.2, 0.25) is 0 Å². The summed E-state index contributed by atoms with van der Waals surface area (Å²) in [5.41, 5.74) is 7.57. The van der Waals surface area contributed by atoms with Gasteiger partial charge in [0.1, 0.15) is 6.61 Å². The first kappa shape index (κ1) is 15.0. The summed E-state index contributed by atoms with van der Waals surface area (Å²) in [5, 5.41) is 3.96. The van der Waals surface area contributed by atoms with Crippen LogP contribution in [-0.4, -0.2) is 16.7 Å². The van der Waals surface area contributed by atoms with E-state index in [2.05, 4.69) is 10.1 Å². The smallest absolute Gasteiger partial charge is 0.252 e. The average molecular weight is 296 g/mol. The summed E-state index contributed by atoms with van der Waals surface area (Å²) >= 11 is 0. The molecule has 108 valence electrons. The van der Waals surface area contributed by atoms with E-state index < -0.39 is 0 Å². The third-order valence-corrected chi connectivity index (χ3v) is 3.19. The van der Waals surface area contributed by atoms with Gasteiger partial charge in [-0.05, 0) is 24.3 Å². The predicted molar refractivity (Wildman–Crippen MR) is 77.3 cm³/mol. The van der Waals surface area contributed by atoms with Crippen LogP contribution in [0.1, 0.15) is 24.3 Å². The number of nitrogens with zero attached hydrogens (tertiary/aromatic N) is 2. The van der Waals surface area contributed by atoms with Gasteiger partial charge in [-0.15, -0.1) is 12.4 Å². The molecule has 1 fully saturated rings. The number of benzene rings is 1. The van der Waals surface area contributed by atoms with Crippen molar-refractivity contribution in [1.82, 2.24) is 10.1 Å². The quantitative estimate of drug-likeness (QED) is 0.886. The molecule has 1 aliphatic rings. The summed E-state index contributed by atoms with van der Waals surface area (Å²) in [6.07, 6.45) is 2.56. The largest absolute Gasteiger partial charge is 0.371 e. The van der Waals surface area contributed by atoms with Crippen LogP contribution < -0.4 is 5.73 Å². The molecule has 0 bridgehead atoms. The predicted octanol–water partition coefficient (Wildman–Crippen LogP) is 2.54. The van der Waals surface area contributed by atoms with Gasteiger partial charge in [-0.2, -0.15) is 4.98 Å².